The normalized spacial score (nSPS) is 26.0. The lowest BCUT2D eigenvalue weighted by molar-refractivity contribution is -0.143. The molecule has 4 amide bonds. The van der Waals surface area contributed by atoms with Gasteiger partial charge in [0.15, 0.2) is 0 Å². The molecule has 1 saturated heterocycles. The Morgan fingerprint density at radius 1 is 1.23 bits per heavy atom. The van der Waals surface area contributed by atoms with E-state index in [1.807, 2.05) is 0 Å². The van der Waals surface area contributed by atoms with Crippen molar-refractivity contribution >= 4 is 29.2 Å². The van der Waals surface area contributed by atoms with Crippen LogP contribution >= 0.6 is 11.3 Å². The predicted octanol–water partition coefficient (Wildman–Crippen LogP) is 1.44. The minimum atomic E-state index is -0.735. The average molecular weight is 319 g/mol. The third kappa shape index (κ3) is 1.99. The van der Waals surface area contributed by atoms with Gasteiger partial charge in [-0.25, -0.2) is 9.69 Å². The van der Waals surface area contributed by atoms with Gasteiger partial charge in [-0.3, -0.25) is 19.4 Å². The van der Waals surface area contributed by atoms with Crippen LogP contribution in [-0.4, -0.2) is 52.8 Å². The molecule has 22 heavy (non-hydrogen) atoms. The molecule has 0 radical (unpaired) electrons. The Hall–Kier alpha value is -1.73. The van der Waals surface area contributed by atoms with Crippen molar-refractivity contribution in [3.05, 3.63) is 21.9 Å². The second kappa shape index (κ2) is 4.89. The van der Waals surface area contributed by atoms with Crippen LogP contribution < -0.4 is 0 Å². The molecule has 0 unspecified atom stereocenters. The number of rotatable bonds is 3. The zero-order chi connectivity index (χ0) is 15.4. The highest BCUT2D eigenvalue weighted by Gasteiger charge is 2.46. The topological polar surface area (TPSA) is 60.9 Å². The zero-order valence-corrected chi connectivity index (χ0v) is 13.1. The van der Waals surface area contributed by atoms with E-state index in [4.69, 9.17) is 0 Å². The first-order chi connectivity index (χ1) is 10.6. The molecule has 0 bridgehead atoms. The molecule has 4 rings (SSSR count). The maximum Gasteiger partial charge on any atom is 0.335 e. The monoisotopic (exact) mass is 319 g/mol. The number of nitrogens with zero attached hydrogens (tertiary/aromatic N) is 3. The molecule has 0 N–H and O–H groups in total. The van der Waals surface area contributed by atoms with Gasteiger partial charge in [0.1, 0.15) is 0 Å². The van der Waals surface area contributed by atoms with Crippen molar-refractivity contribution in [3.63, 3.8) is 0 Å². The van der Waals surface area contributed by atoms with Gasteiger partial charge < -0.3 is 0 Å². The van der Waals surface area contributed by atoms with Gasteiger partial charge >= 0.3 is 17.8 Å². The second-order valence-corrected chi connectivity index (χ2v) is 7.17. The van der Waals surface area contributed by atoms with Crippen LogP contribution in [0.5, 0.6) is 0 Å². The Morgan fingerprint density at radius 2 is 2.00 bits per heavy atom. The summed E-state index contributed by atoms with van der Waals surface area (Å²) in [6, 6.07) is 1.93. The van der Waals surface area contributed by atoms with E-state index < -0.39 is 17.8 Å². The van der Waals surface area contributed by atoms with E-state index >= 15 is 0 Å². The molecule has 0 aromatic carbocycles. The summed E-state index contributed by atoms with van der Waals surface area (Å²) in [5.41, 5.74) is 1.34. The molecule has 3 aliphatic rings. The van der Waals surface area contributed by atoms with Crippen LogP contribution in [0.2, 0.25) is 0 Å². The van der Waals surface area contributed by atoms with Gasteiger partial charge in [0, 0.05) is 24.5 Å². The van der Waals surface area contributed by atoms with Gasteiger partial charge in [0.2, 0.25) is 0 Å². The average Bonchev–Trinajstić information content (AvgIpc) is 3.21. The van der Waals surface area contributed by atoms with E-state index in [0.29, 0.717) is 5.92 Å². The van der Waals surface area contributed by atoms with Crippen LogP contribution in [0.1, 0.15) is 29.3 Å². The van der Waals surface area contributed by atoms with Crippen LogP contribution in [0, 0.1) is 5.92 Å². The summed E-state index contributed by atoms with van der Waals surface area (Å²) in [6.07, 6.45) is 3.32. The van der Waals surface area contributed by atoms with Crippen molar-refractivity contribution < 1.29 is 14.4 Å². The fraction of sp³-hybridized carbons (Fsp3) is 0.533. The van der Waals surface area contributed by atoms with Gasteiger partial charge in [0.05, 0.1) is 6.67 Å². The molecule has 2 aliphatic heterocycles. The van der Waals surface area contributed by atoms with Crippen molar-refractivity contribution in [1.29, 1.82) is 0 Å². The highest BCUT2D eigenvalue weighted by molar-refractivity contribution is 7.10. The number of hydrogen-bond acceptors (Lipinski definition) is 5. The molecule has 2 fully saturated rings. The molecule has 116 valence electrons. The standard InChI is InChI=1S/C15H17N3O3S/c1-16-13(19)14(20)18(15(16)21)8-17-6-4-11-10(5-7-22-11)12(17)9-2-3-9/h5,7,9,12H,2-4,6,8H2,1H3/t12-/m1/s1. The predicted molar refractivity (Wildman–Crippen MR) is 80.1 cm³/mol. The van der Waals surface area contributed by atoms with Gasteiger partial charge in [-0.2, -0.15) is 0 Å². The molecule has 6 nitrogen and oxygen atoms in total. The minimum absolute atomic E-state index is 0.212. The van der Waals surface area contributed by atoms with Crippen LogP contribution in [0.25, 0.3) is 0 Å². The third-order valence-electron chi connectivity index (χ3n) is 4.76. The molecular formula is C15H17N3O3S. The molecular weight excluding hydrogens is 302 g/mol. The van der Waals surface area contributed by atoms with Gasteiger partial charge in [0.25, 0.3) is 0 Å². The zero-order valence-electron chi connectivity index (χ0n) is 12.3. The molecule has 1 aromatic rings. The van der Waals surface area contributed by atoms with E-state index in [0.717, 1.165) is 22.8 Å². The lowest BCUT2D eigenvalue weighted by atomic mass is 9.96. The maximum atomic E-state index is 12.1. The van der Waals surface area contributed by atoms with E-state index in [-0.39, 0.29) is 12.7 Å². The van der Waals surface area contributed by atoms with E-state index in [1.165, 1.54) is 30.3 Å². The molecule has 1 aromatic heterocycles. The summed E-state index contributed by atoms with van der Waals surface area (Å²) >= 11 is 1.78. The van der Waals surface area contributed by atoms with Crippen molar-refractivity contribution in [2.24, 2.45) is 5.92 Å². The van der Waals surface area contributed by atoms with Gasteiger partial charge in [-0.05, 0) is 42.2 Å². The summed E-state index contributed by atoms with van der Waals surface area (Å²) in [5.74, 6) is -0.839. The van der Waals surface area contributed by atoms with Crippen molar-refractivity contribution in [2.75, 3.05) is 20.3 Å². The number of thiophene rings is 1. The van der Waals surface area contributed by atoms with Crippen LogP contribution in [0.4, 0.5) is 4.79 Å². The van der Waals surface area contributed by atoms with E-state index in [9.17, 15) is 14.4 Å². The Balaban J connectivity index is 1.59. The Kier molecular flexibility index (Phi) is 3.09. The molecule has 7 heteroatoms. The maximum absolute atomic E-state index is 12.1. The third-order valence-corrected chi connectivity index (χ3v) is 5.76. The second-order valence-electron chi connectivity index (χ2n) is 6.17. The van der Waals surface area contributed by atoms with Gasteiger partial charge in [-0.1, -0.05) is 0 Å². The van der Waals surface area contributed by atoms with Crippen molar-refractivity contribution in [2.45, 2.75) is 25.3 Å². The quantitative estimate of drug-likeness (QED) is 0.625. The number of imide groups is 2. The number of carbonyl (C=O) groups is 3. The lowest BCUT2D eigenvalue weighted by Crippen LogP contribution is -2.46. The summed E-state index contributed by atoms with van der Waals surface area (Å²) in [7, 11) is 1.36. The summed E-state index contributed by atoms with van der Waals surface area (Å²) < 4.78 is 0. The number of fused-ring (bicyclic) bond motifs is 1. The molecule has 1 saturated carbocycles. The molecule has 3 heterocycles. The molecule has 1 atom stereocenters. The summed E-state index contributed by atoms with van der Waals surface area (Å²) in [4.78, 5) is 41.3. The summed E-state index contributed by atoms with van der Waals surface area (Å²) in [6.45, 7) is 1.04. The SMILES string of the molecule is CN1C(=O)C(=O)N(CN2CCc3sccc3[C@H]2C2CC2)C1=O. The number of urea groups is 1. The minimum Gasteiger partial charge on any atom is -0.278 e. The largest absolute Gasteiger partial charge is 0.335 e. The van der Waals surface area contributed by atoms with E-state index in [2.05, 4.69) is 16.3 Å². The fourth-order valence-electron chi connectivity index (χ4n) is 3.44. The first kappa shape index (κ1) is 13.9. The molecule has 1 aliphatic carbocycles. The van der Waals surface area contributed by atoms with E-state index in [1.54, 1.807) is 11.3 Å². The lowest BCUT2D eigenvalue weighted by Gasteiger charge is -2.37. The summed E-state index contributed by atoms with van der Waals surface area (Å²) in [5, 5.41) is 2.12. The first-order valence-electron chi connectivity index (χ1n) is 7.51. The fourth-order valence-corrected chi connectivity index (χ4v) is 4.35. The first-order valence-corrected chi connectivity index (χ1v) is 8.39. The van der Waals surface area contributed by atoms with Crippen LogP contribution in [-0.2, 0) is 16.0 Å². The van der Waals surface area contributed by atoms with Gasteiger partial charge in [-0.15, -0.1) is 11.3 Å². The van der Waals surface area contributed by atoms with Crippen LogP contribution in [0.3, 0.4) is 0 Å². The molecule has 0 spiro atoms. The number of carbonyl (C=O) groups excluding carboxylic acids is 3. The van der Waals surface area contributed by atoms with Crippen molar-refractivity contribution in [3.8, 4) is 0 Å². The van der Waals surface area contributed by atoms with Crippen LogP contribution in [0.15, 0.2) is 11.4 Å². The number of likely N-dealkylation sites (N-methyl/N-ethyl adjacent to an activating group) is 1. The highest BCUT2D eigenvalue weighted by atomic mass is 32.1. The number of hydrogen-bond donors (Lipinski definition) is 0. The Labute approximate surface area is 132 Å². The smallest absolute Gasteiger partial charge is 0.278 e. The number of amides is 4. The Morgan fingerprint density at radius 3 is 2.64 bits per heavy atom. The Bertz CT molecular complexity index is 667. The van der Waals surface area contributed by atoms with Crippen molar-refractivity contribution in [1.82, 2.24) is 14.7 Å². The highest BCUT2D eigenvalue weighted by Crippen LogP contribution is 2.48.